The molecular weight excluding hydrogens is 374 g/mol. The third-order valence-corrected chi connectivity index (χ3v) is 3.75. The maximum absolute atomic E-state index is 12.3. The normalized spacial score (nSPS) is 10.7. The zero-order valence-corrected chi connectivity index (χ0v) is 15.1. The van der Waals surface area contributed by atoms with Crippen LogP contribution in [0.5, 0.6) is 11.5 Å². The van der Waals surface area contributed by atoms with Crippen LogP contribution in [0.1, 0.15) is 5.56 Å². The number of hydrogen-bond acceptors (Lipinski definition) is 6. The van der Waals surface area contributed by atoms with Gasteiger partial charge >= 0.3 is 5.69 Å². The largest absolute Gasteiger partial charge is 0.496 e. The molecule has 0 fully saturated rings. The highest BCUT2D eigenvalue weighted by atomic mass is 35.5. The van der Waals surface area contributed by atoms with Gasteiger partial charge in [-0.05, 0) is 30.3 Å². The molecule has 9 heteroatoms. The smallest absolute Gasteiger partial charge is 0.311 e. The molecule has 8 nitrogen and oxygen atoms in total. The van der Waals surface area contributed by atoms with Crippen molar-refractivity contribution in [1.29, 1.82) is 5.26 Å². The number of carbonyl (C=O) groups is 1. The Bertz CT molecular complexity index is 949. The summed E-state index contributed by atoms with van der Waals surface area (Å²) in [5, 5.41) is 23.6. The lowest BCUT2D eigenvalue weighted by molar-refractivity contribution is -0.385. The van der Waals surface area contributed by atoms with Crippen LogP contribution >= 0.6 is 11.6 Å². The number of nitro groups is 1. The highest BCUT2D eigenvalue weighted by Crippen LogP contribution is 2.35. The summed E-state index contributed by atoms with van der Waals surface area (Å²) in [5.74, 6) is -0.469. The standard InChI is InChI=1S/C18H14ClN3O5/c1-26-16-9-17(27-2)15(22(24)25)8-11(16)7-12(10-20)18(23)21-14-5-3-13(19)4-6-14/h3-9H,1-2H3,(H,21,23)/b12-7-. The second-order valence-electron chi connectivity index (χ2n) is 5.15. The van der Waals surface area contributed by atoms with Crippen molar-refractivity contribution in [1.82, 2.24) is 0 Å². The van der Waals surface area contributed by atoms with Gasteiger partial charge < -0.3 is 14.8 Å². The Morgan fingerprint density at radius 1 is 1.22 bits per heavy atom. The number of halogens is 1. The van der Waals surface area contributed by atoms with E-state index in [4.69, 9.17) is 21.1 Å². The van der Waals surface area contributed by atoms with Gasteiger partial charge in [0.1, 0.15) is 17.4 Å². The van der Waals surface area contributed by atoms with Crippen LogP contribution in [0.4, 0.5) is 11.4 Å². The first-order valence-corrected chi connectivity index (χ1v) is 7.86. The number of nitriles is 1. The fourth-order valence-corrected chi connectivity index (χ4v) is 2.32. The molecule has 138 valence electrons. The zero-order valence-electron chi connectivity index (χ0n) is 14.4. The lowest BCUT2D eigenvalue weighted by atomic mass is 10.1. The van der Waals surface area contributed by atoms with E-state index in [1.165, 1.54) is 32.4 Å². The van der Waals surface area contributed by atoms with Crippen molar-refractivity contribution in [2.24, 2.45) is 0 Å². The Hall–Kier alpha value is -3.57. The van der Waals surface area contributed by atoms with E-state index in [-0.39, 0.29) is 28.3 Å². The van der Waals surface area contributed by atoms with Gasteiger partial charge in [0.15, 0.2) is 0 Å². The minimum Gasteiger partial charge on any atom is -0.496 e. The summed E-state index contributed by atoms with van der Waals surface area (Å²) in [7, 11) is 2.65. The molecule has 2 aromatic rings. The average molecular weight is 388 g/mol. The van der Waals surface area contributed by atoms with Crippen molar-refractivity contribution >= 4 is 35.0 Å². The van der Waals surface area contributed by atoms with Crippen molar-refractivity contribution < 1.29 is 19.2 Å². The maximum Gasteiger partial charge on any atom is 0.311 e. The number of nitrogens with one attached hydrogen (secondary N) is 1. The third-order valence-electron chi connectivity index (χ3n) is 3.49. The van der Waals surface area contributed by atoms with Crippen LogP contribution in [-0.4, -0.2) is 25.1 Å². The first-order valence-electron chi connectivity index (χ1n) is 7.48. The molecule has 0 saturated heterocycles. The highest BCUT2D eigenvalue weighted by molar-refractivity contribution is 6.30. The van der Waals surface area contributed by atoms with E-state index in [0.717, 1.165) is 0 Å². The molecule has 2 rings (SSSR count). The summed E-state index contributed by atoms with van der Waals surface area (Å²) in [6, 6.07) is 10.6. The lowest BCUT2D eigenvalue weighted by Crippen LogP contribution is -2.13. The third kappa shape index (κ3) is 4.74. The Kier molecular flexibility index (Phi) is 6.36. The second-order valence-corrected chi connectivity index (χ2v) is 5.59. The number of nitro benzene ring substituents is 1. The van der Waals surface area contributed by atoms with E-state index in [2.05, 4.69) is 5.32 Å². The van der Waals surface area contributed by atoms with E-state index < -0.39 is 10.8 Å². The minimum absolute atomic E-state index is 0.00174. The average Bonchev–Trinajstić information content (AvgIpc) is 2.66. The quantitative estimate of drug-likeness (QED) is 0.349. The fourth-order valence-electron chi connectivity index (χ4n) is 2.20. The molecule has 27 heavy (non-hydrogen) atoms. The van der Waals surface area contributed by atoms with Gasteiger partial charge in [0, 0.05) is 28.4 Å². The number of ether oxygens (including phenoxy) is 2. The zero-order chi connectivity index (χ0) is 20.0. The molecule has 0 spiro atoms. The van der Waals surface area contributed by atoms with Gasteiger partial charge in [0.25, 0.3) is 5.91 Å². The molecule has 0 bridgehead atoms. The molecule has 0 aliphatic carbocycles. The predicted molar refractivity (Wildman–Crippen MR) is 99.9 cm³/mol. The second kappa shape index (κ2) is 8.69. The summed E-state index contributed by atoms with van der Waals surface area (Å²) in [6.07, 6.45) is 1.20. The number of anilines is 1. The molecule has 0 aliphatic heterocycles. The van der Waals surface area contributed by atoms with Crippen LogP contribution in [0.2, 0.25) is 5.02 Å². The Balaban J connectivity index is 2.42. The van der Waals surface area contributed by atoms with Crippen molar-refractivity contribution in [3.8, 4) is 17.6 Å². The van der Waals surface area contributed by atoms with Crippen LogP contribution < -0.4 is 14.8 Å². The van der Waals surface area contributed by atoms with E-state index in [9.17, 15) is 20.2 Å². The Morgan fingerprint density at radius 3 is 2.37 bits per heavy atom. The fraction of sp³-hybridized carbons (Fsp3) is 0.111. The number of rotatable bonds is 6. The molecule has 0 saturated carbocycles. The number of nitrogens with zero attached hydrogens (tertiary/aromatic N) is 2. The van der Waals surface area contributed by atoms with E-state index in [1.807, 2.05) is 0 Å². The summed E-state index contributed by atoms with van der Waals surface area (Å²) in [5.41, 5.74) is 0.0497. The molecule has 1 amide bonds. The lowest BCUT2D eigenvalue weighted by Gasteiger charge is -2.09. The van der Waals surface area contributed by atoms with Crippen LogP contribution in [0.25, 0.3) is 6.08 Å². The van der Waals surface area contributed by atoms with Gasteiger partial charge in [-0.25, -0.2) is 0 Å². The summed E-state index contributed by atoms with van der Waals surface area (Å²) >= 11 is 5.79. The first-order chi connectivity index (χ1) is 12.9. The number of benzene rings is 2. The molecular formula is C18H14ClN3O5. The van der Waals surface area contributed by atoms with Crippen molar-refractivity contribution in [2.75, 3.05) is 19.5 Å². The molecule has 0 aliphatic rings. The molecule has 2 aromatic carbocycles. The molecule has 0 heterocycles. The summed E-state index contributed by atoms with van der Waals surface area (Å²) in [6.45, 7) is 0. The number of amides is 1. The van der Waals surface area contributed by atoms with Gasteiger partial charge in [-0.15, -0.1) is 0 Å². The highest BCUT2D eigenvalue weighted by Gasteiger charge is 2.20. The van der Waals surface area contributed by atoms with Crippen molar-refractivity contribution in [3.05, 3.63) is 62.7 Å². The summed E-state index contributed by atoms with van der Waals surface area (Å²) < 4.78 is 10.2. The van der Waals surface area contributed by atoms with Crippen LogP contribution in [0, 0.1) is 21.4 Å². The van der Waals surface area contributed by atoms with Crippen LogP contribution in [0.15, 0.2) is 42.0 Å². The molecule has 0 atom stereocenters. The van der Waals surface area contributed by atoms with Crippen LogP contribution in [0.3, 0.4) is 0 Å². The Labute approximate surface area is 159 Å². The van der Waals surface area contributed by atoms with Crippen molar-refractivity contribution in [2.45, 2.75) is 0 Å². The maximum atomic E-state index is 12.3. The van der Waals surface area contributed by atoms with Gasteiger partial charge in [-0.3, -0.25) is 14.9 Å². The predicted octanol–water partition coefficient (Wildman–Crippen LogP) is 3.81. The molecule has 0 radical (unpaired) electrons. The molecule has 0 unspecified atom stereocenters. The van der Waals surface area contributed by atoms with E-state index in [1.54, 1.807) is 30.3 Å². The van der Waals surface area contributed by atoms with Gasteiger partial charge in [-0.2, -0.15) is 5.26 Å². The minimum atomic E-state index is -0.680. The van der Waals surface area contributed by atoms with Gasteiger partial charge in [0.2, 0.25) is 5.75 Å². The number of hydrogen-bond donors (Lipinski definition) is 1. The van der Waals surface area contributed by atoms with Gasteiger partial charge in [-0.1, -0.05) is 11.6 Å². The van der Waals surface area contributed by atoms with Crippen LogP contribution in [-0.2, 0) is 4.79 Å². The Morgan fingerprint density at radius 2 is 1.85 bits per heavy atom. The SMILES string of the molecule is COc1cc(OC)c([N+](=O)[O-])cc1/C=C(/C#N)C(=O)Nc1ccc(Cl)cc1. The monoisotopic (exact) mass is 387 g/mol. The number of methoxy groups -OCH3 is 2. The molecule has 0 aromatic heterocycles. The topological polar surface area (TPSA) is 114 Å². The van der Waals surface area contributed by atoms with Crippen molar-refractivity contribution in [3.63, 3.8) is 0 Å². The molecule has 1 N–H and O–H groups in total. The first kappa shape index (κ1) is 19.8. The van der Waals surface area contributed by atoms with Gasteiger partial charge in [0.05, 0.1) is 19.1 Å². The van der Waals surface area contributed by atoms with E-state index >= 15 is 0 Å². The van der Waals surface area contributed by atoms with E-state index in [0.29, 0.717) is 10.7 Å². The number of carbonyl (C=O) groups excluding carboxylic acids is 1. The summed E-state index contributed by atoms with van der Waals surface area (Å²) in [4.78, 5) is 22.9.